The first-order chi connectivity index (χ1) is 12.3. The summed E-state index contributed by atoms with van der Waals surface area (Å²) in [5, 5.41) is 5.84. The van der Waals surface area contributed by atoms with E-state index in [1.807, 2.05) is 30.3 Å². The number of benzene rings is 2. The van der Waals surface area contributed by atoms with Gasteiger partial charge in [-0.15, -0.1) is 0 Å². The molecule has 0 saturated heterocycles. The number of halogens is 3. The van der Waals surface area contributed by atoms with Crippen molar-refractivity contribution in [3.8, 4) is 0 Å². The number of alkyl halides is 3. The fraction of sp³-hybridized carbons (Fsp3) is 0.211. The van der Waals surface area contributed by atoms with E-state index in [0.29, 0.717) is 12.2 Å². The van der Waals surface area contributed by atoms with Gasteiger partial charge in [-0.25, -0.2) is 4.79 Å². The molecule has 1 heterocycles. The van der Waals surface area contributed by atoms with E-state index in [2.05, 4.69) is 10.6 Å². The van der Waals surface area contributed by atoms with Crippen LogP contribution in [0.25, 0.3) is 11.0 Å². The first-order valence-corrected chi connectivity index (χ1v) is 8.04. The highest BCUT2D eigenvalue weighted by Gasteiger charge is 2.33. The van der Waals surface area contributed by atoms with Crippen molar-refractivity contribution in [2.75, 3.05) is 5.32 Å². The topological polar surface area (TPSA) is 54.3 Å². The summed E-state index contributed by atoms with van der Waals surface area (Å²) in [6, 6.07) is 13.2. The molecule has 0 bridgehead atoms. The number of rotatable bonds is 4. The first-order valence-electron chi connectivity index (χ1n) is 8.04. The third kappa shape index (κ3) is 4.17. The van der Waals surface area contributed by atoms with Crippen LogP contribution in [0.15, 0.2) is 59.0 Å². The second-order valence-electron chi connectivity index (χ2n) is 6.00. The Labute approximate surface area is 148 Å². The summed E-state index contributed by atoms with van der Waals surface area (Å²) in [5.74, 6) is 0.690. The molecule has 0 aliphatic carbocycles. The molecule has 7 heteroatoms. The van der Waals surface area contributed by atoms with E-state index in [1.54, 1.807) is 6.92 Å². The molecule has 136 valence electrons. The standard InChI is InChI=1S/C19H17F3N2O2/c1-12(10-14-11-13-6-2-5-9-17(13)26-14)23-18(25)24-16-8-4-3-7-15(16)19(20,21)22/h2-9,11-12H,10H2,1H3,(H2,23,24,25)/t12-/m0/s1. The van der Waals surface area contributed by atoms with Crippen LogP contribution >= 0.6 is 0 Å². The quantitative estimate of drug-likeness (QED) is 0.670. The van der Waals surface area contributed by atoms with Crippen molar-refractivity contribution in [2.24, 2.45) is 0 Å². The Morgan fingerprint density at radius 3 is 2.54 bits per heavy atom. The van der Waals surface area contributed by atoms with Crippen molar-refractivity contribution in [3.63, 3.8) is 0 Å². The van der Waals surface area contributed by atoms with Gasteiger partial charge < -0.3 is 15.1 Å². The lowest BCUT2D eigenvalue weighted by atomic mass is 10.1. The van der Waals surface area contributed by atoms with Crippen LogP contribution in [0.5, 0.6) is 0 Å². The minimum absolute atomic E-state index is 0.284. The molecule has 0 aliphatic rings. The third-order valence-electron chi connectivity index (χ3n) is 3.84. The summed E-state index contributed by atoms with van der Waals surface area (Å²) < 4.78 is 44.6. The van der Waals surface area contributed by atoms with Gasteiger partial charge in [-0.3, -0.25) is 0 Å². The fourth-order valence-corrected chi connectivity index (χ4v) is 2.71. The monoisotopic (exact) mass is 362 g/mol. The maximum Gasteiger partial charge on any atom is 0.418 e. The highest BCUT2D eigenvalue weighted by atomic mass is 19.4. The number of fused-ring (bicyclic) bond motifs is 1. The average Bonchev–Trinajstić information content (AvgIpc) is 2.96. The number of amides is 2. The normalized spacial score (nSPS) is 12.8. The van der Waals surface area contributed by atoms with E-state index >= 15 is 0 Å². The summed E-state index contributed by atoms with van der Waals surface area (Å²) in [6.07, 6.45) is -4.12. The van der Waals surface area contributed by atoms with Gasteiger partial charge in [0.15, 0.2) is 0 Å². The second-order valence-corrected chi connectivity index (χ2v) is 6.00. The molecule has 3 rings (SSSR count). The molecule has 2 aromatic carbocycles. The van der Waals surface area contributed by atoms with Crippen molar-refractivity contribution in [2.45, 2.75) is 25.6 Å². The Bertz CT molecular complexity index is 885. The van der Waals surface area contributed by atoms with E-state index in [-0.39, 0.29) is 11.7 Å². The van der Waals surface area contributed by atoms with Crippen molar-refractivity contribution in [1.29, 1.82) is 0 Å². The molecule has 0 unspecified atom stereocenters. The molecule has 0 fully saturated rings. The highest BCUT2D eigenvalue weighted by molar-refractivity contribution is 5.90. The fourth-order valence-electron chi connectivity index (χ4n) is 2.71. The van der Waals surface area contributed by atoms with Crippen LogP contribution in [0.1, 0.15) is 18.2 Å². The Hall–Kier alpha value is -2.96. The van der Waals surface area contributed by atoms with Crippen molar-refractivity contribution in [1.82, 2.24) is 5.32 Å². The van der Waals surface area contributed by atoms with E-state index in [4.69, 9.17) is 4.42 Å². The number of carbonyl (C=O) groups excluding carboxylic acids is 1. The molecule has 0 radical (unpaired) electrons. The van der Waals surface area contributed by atoms with Crippen LogP contribution in [0.3, 0.4) is 0 Å². The van der Waals surface area contributed by atoms with Crippen molar-refractivity contribution in [3.05, 3.63) is 65.9 Å². The van der Waals surface area contributed by atoms with Gasteiger partial charge in [0.25, 0.3) is 0 Å². The summed E-state index contributed by atoms with van der Waals surface area (Å²) >= 11 is 0. The predicted octanol–water partition coefficient (Wildman–Crippen LogP) is 5.20. The largest absolute Gasteiger partial charge is 0.461 e. The third-order valence-corrected chi connectivity index (χ3v) is 3.84. The number of para-hydroxylation sites is 2. The van der Waals surface area contributed by atoms with Gasteiger partial charge in [-0.1, -0.05) is 30.3 Å². The van der Waals surface area contributed by atoms with Gasteiger partial charge in [-0.2, -0.15) is 13.2 Å². The maximum absolute atomic E-state index is 13.0. The molecule has 1 aromatic heterocycles. The summed E-state index contributed by atoms with van der Waals surface area (Å²) in [4.78, 5) is 12.0. The van der Waals surface area contributed by atoms with Gasteiger partial charge in [0, 0.05) is 17.8 Å². The smallest absolute Gasteiger partial charge is 0.418 e. The van der Waals surface area contributed by atoms with Crippen LogP contribution in [0.2, 0.25) is 0 Å². The minimum Gasteiger partial charge on any atom is -0.461 e. The molecule has 0 spiro atoms. The number of anilines is 1. The summed E-state index contributed by atoms with van der Waals surface area (Å²) in [6.45, 7) is 1.75. The van der Waals surface area contributed by atoms with Gasteiger partial charge in [0.1, 0.15) is 11.3 Å². The lowest BCUT2D eigenvalue weighted by Gasteiger charge is -2.16. The van der Waals surface area contributed by atoms with E-state index in [9.17, 15) is 18.0 Å². The van der Waals surface area contributed by atoms with Crippen LogP contribution in [-0.2, 0) is 12.6 Å². The Balaban J connectivity index is 1.63. The summed E-state index contributed by atoms with van der Waals surface area (Å²) in [5.41, 5.74) is -0.424. The number of nitrogens with one attached hydrogen (secondary N) is 2. The molecule has 1 atom stereocenters. The number of hydrogen-bond donors (Lipinski definition) is 2. The number of furan rings is 1. The lowest BCUT2D eigenvalue weighted by molar-refractivity contribution is -0.136. The van der Waals surface area contributed by atoms with Gasteiger partial charge in [-0.05, 0) is 31.2 Å². The van der Waals surface area contributed by atoms with E-state index < -0.39 is 17.8 Å². The van der Waals surface area contributed by atoms with Gasteiger partial charge in [0.2, 0.25) is 0 Å². The van der Waals surface area contributed by atoms with Crippen LogP contribution < -0.4 is 10.6 Å². The number of hydrogen-bond acceptors (Lipinski definition) is 2. The zero-order valence-electron chi connectivity index (χ0n) is 13.9. The van der Waals surface area contributed by atoms with Crippen LogP contribution in [0.4, 0.5) is 23.7 Å². The molecule has 2 N–H and O–H groups in total. The van der Waals surface area contributed by atoms with Crippen molar-refractivity contribution >= 4 is 22.7 Å². The Morgan fingerprint density at radius 1 is 1.12 bits per heavy atom. The van der Waals surface area contributed by atoms with Crippen molar-refractivity contribution < 1.29 is 22.4 Å². The number of carbonyl (C=O) groups is 1. The van der Waals surface area contributed by atoms with Crippen LogP contribution in [0, 0.1) is 0 Å². The second kappa shape index (κ2) is 7.11. The van der Waals surface area contributed by atoms with Gasteiger partial charge in [0.05, 0.1) is 11.3 Å². The predicted molar refractivity (Wildman–Crippen MR) is 93.0 cm³/mol. The molecule has 0 aliphatic heterocycles. The van der Waals surface area contributed by atoms with Gasteiger partial charge >= 0.3 is 12.2 Å². The van der Waals surface area contributed by atoms with E-state index in [1.165, 1.54) is 18.2 Å². The molecule has 26 heavy (non-hydrogen) atoms. The molecular formula is C19H17F3N2O2. The summed E-state index contributed by atoms with van der Waals surface area (Å²) in [7, 11) is 0. The molecule has 3 aromatic rings. The first kappa shape index (κ1) is 17.8. The number of urea groups is 1. The highest BCUT2D eigenvalue weighted by Crippen LogP contribution is 2.34. The molecule has 0 saturated carbocycles. The van der Waals surface area contributed by atoms with Crippen LogP contribution in [-0.4, -0.2) is 12.1 Å². The Morgan fingerprint density at radius 2 is 1.81 bits per heavy atom. The molecular weight excluding hydrogens is 345 g/mol. The average molecular weight is 362 g/mol. The SMILES string of the molecule is C[C@@H](Cc1cc2ccccc2o1)NC(=O)Nc1ccccc1C(F)(F)F. The lowest BCUT2D eigenvalue weighted by Crippen LogP contribution is -2.37. The zero-order chi connectivity index (χ0) is 18.7. The molecule has 4 nitrogen and oxygen atoms in total. The Kier molecular flexibility index (Phi) is 4.88. The molecule has 2 amide bonds. The van der Waals surface area contributed by atoms with E-state index in [0.717, 1.165) is 17.0 Å². The minimum atomic E-state index is -4.54. The maximum atomic E-state index is 13.0. The zero-order valence-corrected chi connectivity index (χ0v) is 13.9.